The summed E-state index contributed by atoms with van der Waals surface area (Å²) < 4.78 is 0. The van der Waals surface area contributed by atoms with Gasteiger partial charge in [-0.1, -0.05) is 0 Å². The number of piperazine rings is 1. The average molecular weight is 264 g/mol. The van der Waals surface area contributed by atoms with Crippen LogP contribution in [0.1, 0.15) is 10.5 Å². The number of nitrogens with one attached hydrogen (secondary N) is 1. The van der Waals surface area contributed by atoms with Crippen molar-refractivity contribution in [3.8, 4) is 0 Å². The zero-order valence-electron chi connectivity index (χ0n) is 11.3. The molecular formula is C12H20N6O. The molecular weight excluding hydrogens is 244 g/mol. The van der Waals surface area contributed by atoms with E-state index in [1.165, 1.54) is 0 Å². The van der Waals surface area contributed by atoms with Crippen LogP contribution < -0.4 is 11.1 Å². The number of amides is 1. The molecule has 0 spiro atoms. The second-order valence-electron chi connectivity index (χ2n) is 4.95. The van der Waals surface area contributed by atoms with Crippen molar-refractivity contribution in [1.29, 1.82) is 0 Å². The van der Waals surface area contributed by atoms with E-state index in [1.54, 1.807) is 12.1 Å². The van der Waals surface area contributed by atoms with Gasteiger partial charge >= 0.3 is 0 Å². The summed E-state index contributed by atoms with van der Waals surface area (Å²) in [5, 5.41) is 10.3. The van der Waals surface area contributed by atoms with Gasteiger partial charge in [-0.3, -0.25) is 9.69 Å². The summed E-state index contributed by atoms with van der Waals surface area (Å²) in [6.07, 6.45) is 0. The average Bonchev–Trinajstić information content (AvgIpc) is 2.40. The Balaban J connectivity index is 1.87. The van der Waals surface area contributed by atoms with Gasteiger partial charge in [0.05, 0.1) is 0 Å². The summed E-state index contributed by atoms with van der Waals surface area (Å²) in [6, 6.07) is 3.47. The summed E-state index contributed by atoms with van der Waals surface area (Å²) in [5.74, 6) is 0.0966. The van der Waals surface area contributed by atoms with Gasteiger partial charge < -0.3 is 16.0 Å². The van der Waals surface area contributed by atoms with E-state index < -0.39 is 0 Å². The molecule has 1 aromatic rings. The maximum atomic E-state index is 11.9. The second kappa shape index (κ2) is 5.94. The van der Waals surface area contributed by atoms with Crippen LogP contribution in [0.5, 0.6) is 0 Å². The molecule has 1 aromatic heterocycles. The van der Waals surface area contributed by atoms with E-state index in [2.05, 4.69) is 39.4 Å². The lowest BCUT2D eigenvalue weighted by Gasteiger charge is -2.37. The number of anilines is 1. The molecule has 7 heteroatoms. The highest BCUT2D eigenvalue weighted by molar-refractivity contribution is 5.92. The summed E-state index contributed by atoms with van der Waals surface area (Å²) in [4.78, 5) is 16.4. The third kappa shape index (κ3) is 3.62. The minimum atomic E-state index is -0.214. The Bertz CT molecular complexity index is 434. The molecule has 1 aliphatic rings. The number of nitrogens with zero attached hydrogens (tertiary/aromatic N) is 4. The van der Waals surface area contributed by atoms with Crippen LogP contribution in [0.25, 0.3) is 0 Å². The molecule has 1 aliphatic heterocycles. The fourth-order valence-electron chi connectivity index (χ4n) is 2.09. The number of hydrogen-bond donors (Lipinski definition) is 2. The Morgan fingerprint density at radius 2 is 2.21 bits per heavy atom. The van der Waals surface area contributed by atoms with Crippen LogP contribution in [-0.4, -0.2) is 72.2 Å². The Hall–Kier alpha value is -1.73. The number of hydrogen-bond acceptors (Lipinski definition) is 6. The molecule has 0 saturated carbocycles. The molecule has 104 valence electrons. The second-order valence-corrected chi connectivity index (χ2v) is 4.95. The minimum absolute atomic E-state index is 0.214. The third-order valence-electron chi connectivity index (χ3n) is 3.40. The number of likely N-dealkylation sites (N-methyl/N-ethyl adjacent to an activating group) is 2. The summed E-state index contributed by atoms with van der Waals surface area (Å²) in [6.45, 7) is 3.62. The van der Waals surface area contributed by atoms with Gasteiger partial charge in [0.1, 0.15) is 5.82 Å². The van der Waals surface area contributed by atoms with Crippen LogP contribution >= 0.6 is 0 Å². The third-order valence-corrected chi connectivity index (χ3v) is 3.40. The molecule has 1 atom stereocenters. The smallest absolute Gasteiger partial charge is 0.271 e. The number of rotatable bonds is 3. The highest BCUT2D eigenvalue weighted by Crippen LogP contribution is 2.05. The van der Waals surface area contributed by atoms with Gasteiger partial charge in [0.15, 0.2) is 5.69 Å². The zero-order valence-corrected chi connectivity index (χ0v) is 11.3. The number of carbonyl (C=O) groups is 1. The topological polar surface area (TPSA) is 87.4 Å². The molecule has 2 rings (SSSR count). The predicted octanol–water partition coefficient (Wildman–Crippen LogP) is -0.966. The SMILES string of the molecule is CN1CCN(C)C(CNC(=O)c2ccc(N)nn2)C1. The minimum Gasteiger partial charge on any atom is -0.382 e. The van der Waals surface area contributed by atoms with Crippen LogP contribution in [0.2, 0.25) is 0 Å². The molecule has 3 N–H and O–H groups in total. The predicted molar refractivity (Wildman–Crippen MR) is 72.7 cm³/mol. The molecule has 1 amide bonds. The van der Waals surface area contributed by atoms with Gasteiger partial charge in [0.2, 0.25) is 0 Å². The van der Waals surface area contributed by atoms with E-state index in [-0.39, 0.29) is 5.91 Å². The summed E-state index contributed by atoms with van der Waals surface area (Å²) in [7, 11) is 4.17. The van der Waals surface area contributed by atoms with Gasteiger partial charge in [-0.2, -0.15) is 0 Å². The van der Waals surface area contributed by atoms with Gasteiger partial charge in [-0.25, -0.2) is 0 Å². The molecule has 1 fully saturated rings. The molecule has 19 heavy (non-hydrogen) atoms. The van der Waals surface area contributed by atoms with Crippen molar-refractivity contribution >= 4 is 11.7 Å². The van der Waals surface area contributed by atoms with Gasteiger partial charge in [-0.15, -0.1) is 10.2 Å². The van der Waals surface area contributed by atoms with E-state index in [1.807, 2.05) is 0 Å². The van der Waals surface area contributed by atoms with E-state index in [4.69, 9.17) is 5.73 Å². The number of carbonyl (C=O) groups excluding carboxylic acids is 1. The van der Waals surface area contributed by atoms with Crippen LogP contribution in [0.15, 0.2) is 12.1 Å². The Morgan fingerprint density at radius 3 is 2.89 bits per heavy atom. The molecule has 0 bridgehead atoms. The van der Waals surface area contributed by atoms with Crippen molar-refractivity contribution in [2.24, 2.45) is 0 Å². The molecule has 7 nitrogen and oxygen atoms in total. The van der Waals surface area contributed by atoms with Crippen molar-refractivity contribution in [2.75, 3.05) is 46.0 Å². The zero-order chi connectivity index (χ0) is 13.8. The van der Waals surface area contributed by atoms with E-state index in [9.17, 15) is 4.79 Å². The molecule has 2 heterocycles. The maximum absolute atomic E-state index is 11.9. The van der Waals surface area contributed by atoms with Crippen molar-refractivity contribution in [2.45, 2.75) is 6.04 Å². The van der Waals surface area contributed by atoms with Crippen molar-refractivity contribution in [3.05, 3.63) is 17.8 Å². The first-order valence-corrected chi connectivity index (χ1v) is 6.32. The number of aromatic nitrogens is 2. The first-order valence-electron chi connectivity index (χ1n) is 6.32. The standard InChI is InChI=1S/C12H20N6O/c1-17-5-6-18(2)9(8-17)7-14-12(19)10-3-4-11(13)16-15-10/h3-4,9H,5-8H2,1-2H3,(H2,13,16)(H,14,19). The lowest BCUT2D eigenvalue weighted by Crippen LogP contribution is -2.54. The number of nitrogens with two attached hydrogens (primary N) is 1. The van der Waals surface area contributed by atoms with Gasteiger partial charge in [0, 0.05) is 32.2 Å². The largest absolute Gasteiger partial charge is 0.382 e. The van der Waals surface area contributed by atoms with Crippen LogP contribution in [-0.2, 0) is 0 Å². The lowest BCUT2D eigenvalue weighted by atomic mass is 10.2. The fraction of sp³-hybridized carbons (Fsp3) is 0.583. The van der Waals surface area contributed by atoms with Gasteiger partial charge in [0.25, 0.3) is 5.91 Å². The van der Waals surface area contributed by atoms with Crippen LogP contribution in [0.3, 0.4) is 0 Å². The van der Waals surface area contributed by atoms with Crippen molar-refractivity contribution < 1.29 is 4.79 Å². The monoisotopic (exact) mass is 264 g/mol. The summed E-state index contributed by atoms with van der Waals surface area (Å²) in [5.41, 5.74) is 5.73. The van der Waals surface area contributed by atoms with E-state index >= 15 is 0 Å². The lowest BCUT2D eigenvalue weighted by molar-refractivity contribution is 0.0876. The van der Waals surface area contributed by atoms with Crippen molar-refractivity contribution in [1.82, 2.24) is 25.3 Å². The van der Waals surface area contributed by atoms with Crippen LogP contribution in [0, 0.1) is 0 Å². The molecule has 0 aromatic carbocycles. The maximum Gasteiger partial charge on any atom is 0.271 e. The van der Waals surface area contributed by atoms with Gasteiger partial charge in [-0.05, 0) is 26.2 Å². The van der Waals surface area contributed by atoms with E-state index in [0.29, 0.717) is 24.1 Å². The first-order chi connectivity index (χ1) is 9.06. The van der Waals surface area contributed by atoms with Crippen LogP contribution in [0.4, 0.5) is 5.82 Å². The Kier molecular flexibility index (Phi) is 4.28. The summed E-state index contributed by atoms with van der Waals surface area (Å²) >= 11 is 0. The molecule has 1 saturated heterocycles. The first kappa shape index (κ1) is 13.7. The highest BCUT2D eigenvalue weighted by atomic mass is 16.1. The fourth-order valence-corrected chi connectivity index (χ4v) is 2.09. The molecule has 0 radical (unpaired) electrons. The Morgan fingerprint density at radius 1 is 1.42 bits per heavy atom. The number of nitrogen functional groups attached to an aromatic ring is 1. The normalized spacial score (nSPS) is 21.3. The quantitative estimate of drug-likeness (QED) is 0.731. The highest BCUT2D eigenvalue weighted by Gasteiger charge is 2.22. The Labute approximate surface area is 112 Å². The van der Waals surface area contributed by atoms with Crippen molar-refractivity contribution in [3.63, 3.8) is 0 Å². The molecule has 1 unspecified atom stereocenters. The van der Waals surface area contributed by atoms with E-state index in [0.717, 1.165) is 19.6 Å². The molecule has 0 aliphatic carbocycles.